The lowest BCUT2D eigenvalue weighted by atomic mass is 10.0. The van der Waals surface area contributed by atoms with Gasteiger partial charge in [0.15, 0.2) is 0 Å². The number of halogens is 2. The van der Waals surface area contributed by atoms with Crippen LogP contribution in [0, 0.1) is 0 Å². The zero-order chi connectivity index (χ0) is 12.3. The van der Waals surface area contributed by atoms with Crippen molar-refractivity contribution >= 4 is 30.7 Å². The van der Waals surface area contributed by atoms with Gasteiger partial charge in [-0.2, -0.15) is 0 Å². The lowest BCUT2D eigenvalue weighted by molar-refractivity contribution is -0.132. The minimum atomic E-state index is -0.116. The molecule has 2 atom stereocenters. The van der Waals surface area contributed by atoms with Gasteiger partial charge in [0.1, 0.15) is 0 Å². The number of rotatable bonds is 3. The zero-order valence-electron chi connectivity index (χ0n) is 11.2. The first-order valence-corrected chi connectivity index (χ1v) is 6.07. The molecular formula is C13H21Cl2N3O. The Morgan fingerprint density at radius 1 is 1.53 bits per heavy atom. The van der Waals surface area contributed by atoms with Crippen LogP contribution in [-0.2, 0) is 4.79 Å². The number of nitrogens with zero attached hydrogens (tertiary/aromatic N) is 2. The average Bonchev–Trinajstić information content (AvgIpc) is 2.91. The smallest absolute Gasteiger partial charge is 0.229 e. The molecule has 2 unspecified atom stereocenters. The van der Waals surface area contributed by atoms with Crippen molar-refractivity contribution in [1.82, 2.24) is 15.2 Å². The van der Waals surface area contributed by atoms with Gasteiger partial charge in [-0.05, 0) is 31.5 Å². The van der Waals surface area contributed by atoms with Gasteiger partial charge in [0, 0.05) is 32.0 Å². The van der Waals surface area contributed by atoms with Crippen LogP contribution in [0.1, 0.15) is 24.8 Å². The number of carbonyl (C=O) groups excluding carboxylic acids is 1. The molecule has 1 aromatic rings. The summed E-state index contributed by atoms with van der Waals surface area (Å²) in [7, 11) is 1.90. The van der Waals surface area contributed by atoms with Crippen molar-refractivity contribution in [2.75, 3.05) is 20.1 Å². The van der Waals surface area contributed by atoms with Gasteiger partial charge < -0.3 is 10.2 Å². The summed E-state index contributed by atoms with van der Waals surface area (Å²) in [5.41, 5.74) is 0.982. The molecule has 0 bridgehead atoms. The summed E-state index contributed by atoms with van der Waals surface area (Å²) >= 11 is 0. The molecule has 2 rings (SSSR count). The van der Waals surface area contributed by atoms with Crippen molar-refractivity contribution in [1.29, 1.82) is 0 Å². The Kier molecular flexibility index (Phi) is 7.99. The molecular weight excluding hydrogens is 285 g/mol. The molecule has 1 N–H and O–H groups in total. The fourth-order valence-electron chi connectivity index (χ4n) is 2.23. The van der Waals surface area contributed by atoms with Gasteiger partial charge in [0.05, 0.1) is 5.92 Å². The molecule has 0 aromatic carbocycles. The highest BCUT2D eigenvalue weighted by Crippen LogP contribution is 2.18. The summed E-state index contributed by atoms with van der Waals surface area (Å²) in [6.07, 6.45) is 4.54. The quantitative estimate of drug-likeness (QED) is 0.927. The molecule has 0 spiro atoms. The number of carbonyl (C=O) groups is 1. The molecule has 1 amide bonds. The van der Waals surface area contributed by atoms with Gasteiger partial charge in [-0.3, -0.25) is 9.78 Å². The second-order valence-electron chi connectivity index (χ2n) is 4.60. The van der Waals surface area contributed by atoms with Gasteiger partial charge in [-0.25, -0.2) is 0 Å². The third-order valence-electron chi connectivity index (χ3n) is 3.48. The summed E-state index contributed by atoms with van der Waals surface area (Å²) in [6.45, 7) is 3.85. The monoisotopic (exact) mass is 305 g/mol. The fourth-order valence-corrected chi connectivity index (χ4v) is 2.23. The predicted octanol–water partition coefficient (Wildman–Crippen LogP) is 1.85. The molecule has 2 heterocycles. The van der Waals surface area contributed by atoms with E-state index >= 15 is 0 Å². The Hall–Kier alpha value is -0.840. The molecule has 0 saturated carbocycles. The molecule has 4 nitrogen and oxygen atoms in total. The van der Waals surface area contributed by atoms with Crippen LogP contribution in [0.4, 0.5) is 0 Å². The number of nitrogens with one attached hydrogen (secondary N) is 1. The molecule has 1 fully saturated rings. The Labute approximate surface area is 126 Å². The van der Waals surface area contributed by atoms with Gasteiger partial charge in [-0.1, -0.05) is 6.07 Å². The lowest BCUT2D eigenvalue weighted by Gasteiger charge is -2.26. The van der Waals surface area contributed by atoms with Crippen molar-refractivity contribution in [3.63, 3.8) is 0 Å². The van der Waals surface area contributed by atoms with E-state index in [-0.39, 0.29) is 36.6 Å². The van der Waals surface area contributed by atoms with Crippen LogP contribution in [-0.4, -0.2) is 42.0 Å². The Bertz CT molecular complexity index is 383. The largest absolute Gasteiger partial charge is 0.341 e. The van der Waals surface area contributed by atoms with Crippen molar-refractivity contribution in [2.24, 2.45) is 0 Å². The summed E-state index contributed by atoms with van der Waals surface area (Å²) in [4.78, 5) is 18.2. The summed E-state index contributed by atoms with van der Waals surface area (Å²) in [5.74, 6) is 0.0565. The molecule has 6 heteroatoms. The number of pyridine rings is 1. The van der Waals surface area contributed by atoms with E-state index in [1.807, 2.05) is 31.0 Å². The maximum atomic E-state index is 12.3. The summed E-state index contributed by atoms with van der Waals surface area (Å²) in [5, 5.41) is 3.28. The Balaban J connectivity index is 0.00000162. The molecule has 1 aliphatic heterocycles. The fraction of sp³-hybridized carbons (Fsp3) is 0.538. The first kappa shape index (κ1) is 18.2. The van der Waals surface area contributed by atoms with Gasteiger partial charge >= 0.3 is 0 Å². The highest BCUT2D eigenvalue weighted by atomic mass is 35.5. The van der Waals surface area contributed by atoms with E-state index in [4.69, 9.17) is 0 Å². The third kappa shape index (κ3) is 4.34. The first-order chi connectivity index (χ1) is 8.20. The van der Waals surface area contributed by atoms with Crippen LogP contribution in [0.2, 0.25) is 0 Å². The molecule has 1 saturated heterocycles. The highest BCUT2D eigenvalue weighted by Gasteiger charge is 2.27. The lowest BCUT2D eigenvalue weighted by Crippen LogP contribution is -2.40. The van der Waals surface area contributed by atoms with Crippen LogP contribution in [0.3, 0.4) is 0 Å². The molecule has 0 radical (unpaired) electrons. The van der Waals surface area contributed by atoms with Gasteiger partial charge in [0.2, 0.25) is 5.91 Å². The van der Waals surface area contributed by atoms with Crippen LogP contribution >= 0.6 is 24.8 Å². The molecule has 19 heavy (non-hydrogen) atoms. The number of amides is 1. The number of likely N-dealkylation sites (N-methyl/N-ethyl adjacent to an activating group) is 1. The van der Waals surface area contributed by atoms with Crippen molar-refractivity contribution in [3.05, 3.63) is 30.1 Å². The van der Waals surface area contributed by atoms with E-state index in [0.717, 1.165) is 25.1 Å². The molecule has 108 valence electrons. The molecule has 0 aliphatic carbocycles. The first-order valence-electron chi connectivity index (χ1n) is 6.07. The standard InChI is InChI=1S/C13H19N3O.2ClH/c1-10(11-4-3-6-14-8-11)13(17)16(2)12-5-7-15-9-12;;/h3-4,6,8,10,12,15H,5,7,9H2,1-2H3;2*1H. The number of hydrogen-bond donors (Lipinski definition) is 1. The van der Waals surface area contributed by atoms with E-state index in [9.17, 15) is 4.79 Å². The maximum absolute atomic E-state index is 12.3. The SMILES string of the molecule is CC(C(=O)N(C)C1CCNC1)c1cccnc1.Cl.Cl. The Morgan fingerprint density at radius 2 is 2.26 bits per heavy atom. The second-order valence-corrected chi connectivity index (χ2v) is 4.60. The van der Waals surface area contributed by atoms with E-state index in [1.54, 1.807) is 12.4 Å². The topological polar surface area (TPSA) is 45.2 Å². The number of aromatic nitrogens is 1. The third-order valence-corrected chi connectivity index (χ3v) is 3.48. The predicted molar refractivity (Wildman–Crippen MR) is 81.2 cm³/mol. The number of hydrogen-bond acceptors (Lipinski definition) is 3. The maximum Gasteiger partial charge on any atom is 0.229 e. The Morgan fingerprint density at radius 3 is 2.79 bits per heavy atom. The van der Waals surface area contributed by atoms with E-state index in [1.165, 1.54) is 0 Å². The summed E-state index contributed by atoms with van der Waals surface area (Å²) in [6, 6.07) is 4.16. The van der Waals surface area contributed by atoms with Crippen LogP contribution < -0.4 is 5.32 Å². The zero-order valence-corrected chi connectivity index (χ0v) is 12.8. The normalized spacial score (nSPS) is 18.9. The minimum Gasteiger partial charge on any atom is -0.341 e. The van der Waals surface area contributed by atoms with E-state index < -0.39 is 0 Å². The summed E-state index contributed by atoms with van der Waals surface area (Å²) < 4.78 is 0. The van der Waals surface area contributed by atoms with Crippen molar-refractivity contribution in [2.45, 2.75) is 25.3 Å². The van der Waals surface area contributed by atoms with Crippen molar-refractivity contribution in [3.8, 4) is 0 Å². The van der Waals surface area contributed by atoms with Crippen molar-refractivity contribution < 1.29 is 4.79 Å². The van der Waals surface area contributed by atoms with E-state index in [0.29, 0.717) is 6.04 Å². The van der Waals surface area contributed by atoms with Crippen LogP contribution in [0.5, 0.6) is 0 Å². The van der Waals surface area contributed by atoms with E-state index in [2.05, 4.69) is 10.3 Å². The highest BCUT2D eigenvalue weighted by molar-refractivity contribution is 5.85. The average molecular weight is 306 g/mol. The molecule has 1 aliphatic rings. The van der Waals surface area contributed by atoms with Crippen LogP contribution in [0.25, 0.3) is 0 Å². The van der Waals surface area contributed by atoms with Gasteiger partial charge in [0.25, 0.3) is 0 Å². The minimum absolute atomic E-state index is 0. The second kappa shape index (κ2) is 8.35. The molecule has 1 aromatic heterocycles. The van der Waals surface area contributed by atoms with Crippen LogP contribution in [0.15, 0.2) is 24.5 Å². The van der Waals surface area contributed by atoms with Gasteiger partial charge in [-0.15, -0.1) is 24.8 Å².